The maximum Gasteiger partial charge on any atom is 0.185 e. The van der Waals surface area contributed by atoms with Gasteiger partial charge >= 0.3 is 0 Å². The molecular weight excluding hydrogens is 218 g/mol. The number of aromatic nitrogens is 1. The van der Waals surface area contributed by atoms with Crippen LogP contribution in [0.25, 0.3) is 0 Å². The lowest BCUT2D eigenvalue weighted by atomic mass is 10.3. The van der Waals surface area contributed by atoms with E-state index in [1.165, 1.54) is 17.7 Å². The lowest BCUT2D eigenvalue weighted by Crippen LogP contribution is -2.23. The van der Waals surface area contributed by atoms with E-state index in [9.17, 15) is 0 Å². The van der Waals surface area contributed by atoms with E-state index in [0.717, 1.165) is 18.2 Å². The van der Waals surface area contributed by atoms with Crippen molar-refractivity contribution in [1.29, 1.82) is 0 Å². The molecule has 1 unspecified atom stereocenters. The molecule has 4 heteroatoms. The van der Waals surface area contributed by atoms with Crippen LogP contribution in [0.2, 0.25) is 0 Å². The number of anilines is 1. The fourth-order valence-corrected chi connectivity index (χ4v) is 2.57. The highest BCUT2D eigenvalue weighted by Crippen LogP contribution is 2.26. The van der Waals surface area contributed by atoms with Crippen molar-refractivity contribution in [2.45, 2.75) is 39.7 Å². The highest BCUT2D eigenvalue weighted by atomic mass is 32.1. The Morgan fingerprint density at radius 2 is 2.25 bits per heavy atom. The first-order valence-electron chi connectivity index (χ1n) is 6.10. The number of unbranched alkanes of at least 4 members (excludes halogenated alkanes) is 1. The van der Waals surface area contributed by atoms with Gasteiger partial charge in [-0.25, -0.2) is 4.98 Å². The first-order chi connectivity index (χ1) is 7.72. The topological polar surface area (TPSA) is 28.2 Å². The quantitative estimate of drug-likeness (QED) is 0.795. The van der Waals surface area contributed by atoms with Crippen molar-refractivity contribution in [3.63, 3.8) is 0 Å². The number of nitrogens with one attached hydrogen (secondary N) is 1. The van der Waals surface area contributed by atoms with E-state index in [4.69, 9.17) is 0 Å². The van der Waals surface area contributed by atoms with Gasteiger partial charge in [-0.1, -0.05) is 13.3 Å². The molecule has 0 aromatic carbocycles. The van der Waals surface area contributed by atoms with Crippen molar-refractivity contribution in [2.24, 2.45) is 0 Å². The predicted molar refractivity (Wildman–Crippen MR) is 72.4 cm³/mol. The van der Waals surface area contributed by atoms with Crippen LogP contribution in [-0.4, -0.2) is 25.1 Å². The maximum absolute atomic E-state index is 4.51. The third-order valence-electron chi connectivity index (χ3n) is 2.80. The Morgan fingerprint density at radius 1 is 1.50 bits per heavy atom. The summed E-state index contributed by atoms with van der Waals surface area (Å²) in [6, 6.07) is 0.399. The smallest absolute Gasteiger partial charge is 0.185 e. The van der Waals surface area contributed by atoms with Crippen LogP contribution in [0.3, 0.4) is 0 Å². The molecule has 0 aliphatic heterocycles. The number of thiazole rings is 1. The maximum atomic E-state index is 4.51. The summed E-state index contributed by atoms with van der Waals surface area (Å²) in [5.41, 5.74) is 0. The molecule has 0 amide bonds. The van der Waals surface area contributed by atoms with E-state index in [0.29, 0.717) is 6.04 Å². The van der Waals surface area contributed by atoms with Gasteiger partial charge in [0.15, 0.2) is 5.13 Å². The van der Waals surface area contributed by atoms with Gasteiger partial charge < -0.3 is 10.2 Å². The van der Waals surface area contributed by atoms with E-state index < -0.39 is 0 Å². The summed E-state index contributed by atoms with van der Waals surface area (Å²) in [6.45, 7) is 8.75. The molecule has 1 N–H and O–H groups in total. The average molecular weight is 241 g/mol. The van der Waals surface area contributed by atoms with E-state index in [-0.39, 0.29) is 0 Å². The molecule has 0 spiro atoms. The first-order valence-corrected chi connectivity index (χ1v) is 6.92. The van der Waals surface area contributed by atoms with Crippen LogP contribution in [0.15, 0.2) is 6.20 Å². The van der Waals surface area contributed by atoms with Crippen molar-refractivity contribution in [3.05, 3.63) is 11.1 Å². The van der Waals surface area contributed by atoms with E-state index in [1.807, 2.05) is 13.2 Å². The summed E-state index contributed by atoms with van der Waals surface area (Å²) in [4.78, 5) is 8.19. The molecule has 0 saturated carbocycles. The zero-order valence-corrected chi connectivity index (χ0v) is 11.6. The molecule has 0 bridgehead atoms. The minimum atomic E-state index is 0.399. The van der Waals surface area contributed by atoms with Crippen molar-refractivity contribution in [1.82, 2.24) is 10.3 Å². The van der Waals surface area contributed by atoms with Crippen LogP contribution in [-0.2, 0) is 0 Å². The van der Waals surface area contributed by atoms with Crippen LogP contribution < -0.4 is 10.2 Å². The van der Waals surface area contributed by atoms with Crippen LogP contribution in [0, 0.1) is 0 Å². The van der Waals surface area contributed by atoms with Gasteiger partial charge in [0, 0.05) is 30.2 Å². The third kappa shape index (κ3) is 3.46. The van der Waals surface area contributed by atoms with Crippen molar-refractivity contribution >= 4 is 16.5 Å². The normalized spacial score (nSPS) is 12.8. The van der Waals surface area contributed by atoms with Crippen LogP contribution in [0.5, 0.6) is 0 Å². The summed E-state index contributed by atoms with van der Waals surface area (Å²) in [7, 11) is 1.98. The number of hydrogen-bond donors (Lipinski definition) is 1. The van der Waals surface area contributed by atoms with Gasteiger partial charge in [0.25, 0.3) is 0 Å². The molecule has 0 saturated heterocycles. The molecule has 1 heterocycles. The monoisotopic (exact) mass is 241 g/mol. The van der Waals surface area contributed by atoms with Crippen molar-refractivity contribution in [3.8, 4) is 0 Å². The Morgan fingerprint density at radius 3 is 2.81 bits per heavy atom. The zero-order chi connectivity index (χ0) is 12.0. The Bertz CT molecular complexity index is 298. The molecule has 1 aromatic rings. The number of rotatable bonds is 7. The predicted octanol–water partition coefficient (Wildman–Crippen LogP) is 3.05. The Labute approximate surface area is 103 Å². The summed E-state index contributed by atoms with van der Waals surface area (Å²) < 4.78 is 0. The molecular formula is C12H23N3S. The highest BCUT2D eigenvalue weighted by Gasteiger charge is 2.11. The molecule has 1 rings (SSSR count). The lowest BCUT2D eigenvalue weighted by Gasteiger charge is -2.19. The molecule has 0 radical (unpaired) electrons. The highest BCUT2D eigenvalue weighted by molar-refractivity contribution is 7.15. The molecule has 0 aliphatic carbocycles. The van der Waals surface area contributed by atoms with Crippen LogP contribution >= 0.6 is 11.3 Å². The average Bonchev–Trinajstić information content (AvgIpc) is 2.78. The Hall–Kier alpha value is -0.610. The standard InChI is InChI=1S/C12H23N3S/c1-5-7-8-15(6-2)12-14-9-11(16-12)10(3)13-4/h9-10,13H,5-8H2,1-4H3. The van der Waals surface area contributed by atoms with Gasteiger partial charge in [0.1, 0.15) is 0 Å². The lowest BCUT2D eigenvalue weighted by molar-refractivity contribution is 0.662. The van der Waals surface area contributed by atoms with Crippen molar-refractivity contribution in [2.75, 3.05) is 25.0 Å². The van der Waals surface area contributed by atoms with Gasteiger partial charge in [-0.2, -0.15) is 0 Å². The molecule has 1 aromatic heterocycles. The third-order valence-corrected chi connectivity index (χ3v) is 4.05. The summed E-state index contributed by atoms with van der Waals surface area (Å²) in [5, 5.41) is 4.41. The van der Waals surface area contributed by atoms with E-state index in [1.54, 1.807) is 11.3 Å². The van der Waals surface area contributed by atoms with Gasteiger partial charge in [-0.15, -0.1) is 11.3 Å². The molecule has 0 aliphatic rings. The molecule has 0 fully saturated rings. The second-order valence-corrected chi connectivity index (χ2v) is 5.03. The van der Waals surface area contributed by atoms with E-state index >= 15 is 0 Å². The van der Waals surface area contributed by atoms with Gasteiger partial charge in [-0.05, 0) is 27.3 Å². The zero-order valence-electron chi connectivity index (χ0n) is 10.8. The second-order valence-electron chi connectivity index (χ2n) is 3.99. The summed E-state index contributed by atoms with van der Waals surface area (Å²) in [5.74, 6) is 0. The number of hydrogen-bond acceptors (Lipinski definition) is 4. The van der Waals surface area contributed by atoms with Crippen LogP contribution in [0.1, 0.15) is 44.5 Å². The van der Waals surface area contributed by atoms with Crippen molar-refractivity contribution < 1.29 is 0 Å². The van der Waals surface area contributed by atoms with E-state index in [2.05, 4.69) is 36.0 Å². The Balaban J connectivity index is 2.66. The fourth-order valence-electron chi connectivity index (χ4n) is 1.50. The van der Waals surface area contributed by atoms with Gasteiger partial charge in [0.05, 0.1) is 0 Å². The SMILES string of the molecule is CCCCN(CC)c1ncc(C(C)NC)s1. The fraction of sp³-hybridized carbons (Fsp3) is 0.750. The van der Waals surface area contributed by atoms with Gasteiger partial charge in [-0.3, -0.25) is 0 Å². The number of nitrogens with zero attached hydrogens (tertiary/aromatic N) is 2. The molecule has 16 heavy (non-hydrogen) atoms. The molecule has 3 nitrogen and oxygen atoms in total. The molecule has 92 valence electrons. The van der Waals surface area contributed by atoms with Crippen LogP contribution in [0.4, 0.5) is 5.13 Å². The summed E-state index contributed by atoms with van der Waals surface area (Å²) >= 11 is 1.80. The minimum Gasteiger partial charge on any atom is -0.348 e. The summed E-state index contributed by atoms with van der Waals surface area (Å²) in [6.07, 6.45) is 4.47. The second kappa shape index (κ2) is 6.86. The Kier molecular flexibility index (Phi) is 5.77. The largest absolute Gasteiger partial charge is 0.348 e. The minimum absolute atomic E-state index is 0.399. The first kappa shape index (κ1) is 13.5. The molecule has 1 atom stereocenters. The van der Waals surface area contributed by atoms with Gasteiger partial charge in [0.2, 0.25) is 0 Å².